The van der Waals surface area contributed by atoms with Crippen LogP contribution in [0.2, 0.25) is 0 Å². The Hall–Kier alpha value is -0.410. The first kappa shape index (κ1) is 9.68. The third-order valence-electron chi connectivity index (χ3n) is 1.89. The average Bonchev–Trinajstić information content (AvgIpc) is 2.07. The first-order chi connectivity index (χ1) is 5.77. The van der Waals surface area contributed by atoms with Gasteiger partial charge in [-0.15, -0.1) is 0 Å². The van der Waals surface area contributed by atoms with E-state index in [-0.39, 0.29) is 0 Å². The van der Waals surface area contributed by atoms with Crippen molar-refractivity contribution in [3.8, 4) is 0 Å². The quantitative estimate of drug-likeness (QED) is 0.861. The summed E-state index contributed by atoms with van der Waals surface area (Å²) in [6.07, 6.45) is 4.77. The molecule has 1 N–H and O–H groups in total. The van der Waals surface area contributed by atoms with Gasteiger partial charge in [-0.2, -0.15) is 0 Å². The smallest absolute Gasteiger partial charge is 0.0410 e. The summed E-state index contributed by atoms with van der Waals surface area (Å²) >= 11 is 3.40. The number of halogens is 1. The van der Waals surface area contributed by atoms with Gasteiger partial charge in [0.1, 0.15) is 0 Å². The van der Waals surface area contributed by atoms with Gasteiger partial charge in [0.15, 0.2) is 0 Å². The van der Waals surface area contributed by atoms with Gasteiger partial charge in [-0.3, -0.25) is 4.98 Å². The maximum Gasteiger partial charge on any atom is 0.0410 e. The summed E-state index contributed by atoms with van der Waals surface area (Å²) in [6, 6.07) is 2.51. The molecular weight excluding hydrogens is 216 g/mol. The van der Waals surface area contributed by atoms with Gasteiger partial charge in [-0.25, -0.2) is 0 Å². The van der Waals surface area contributed by atoms with Crippen LogP contribution in [-0.2, 0) is 0 Å². The molecule has 0 saturated carbocycles. The molecule has 0 fully saturated rings. The Morgan fingerprint density at radius 1 is 1.58 bits per heavy atom. The van der Waals surface area contributed by atoms with E-state index < -0.39 is 0 Å². The highest BCUT2D eigenvalue weighted by Gasteiger charge is 2.05. The first-order valence-electron chi connectivity index (χ1n) is 4.05. The third-order valence-corrected chi connectivity index (χ3v) is 2.32. The molecule has 3 heteroatoms. The summed E-state index contributed by atoms with van der Waals surface area (Å²) in [5.41, 5.74) is 1.23. The van der Waals surface area contributed by atoms with Crippen LogP contribution in [0.25, 0.3) is 0 Å². The second kappa shape index (κ2) is 4.58. The Morgan fingerprint density at radius 3 is 2.83 bits per heavy atom. The third kappa shape index (κ3) is 2.29. The van der Waals surface area contributed by atoms with Crippen molar-refractivity contribution in [1.29, 1.82) is 0 Å². The van der Waals surface area contributed by atoms with Crippen LogP contribution >= 0.6 is 15.9 Å². The highest BCUT2D eigenvalue weighted by Crippen LogP contribution is 2.18. The summed E-state index contributed by atoms with van der Waals surface area (Å²) in [5, 5.41) is 3.23. The van der Waals surface area contributed by atoms with Crippen LogP contribution in [0.1, 0.15) is 24.9 Å². The summed E-state index contributed by atoms with van der Waals surface area (Å²) in [4.78, 5) is 4.11. The molecule has 0 bridgehead atoms. The number of hydrogen-bond acceptors (Lipinski definition) is 2. The zero-order valence-electron chi connectivity index (χ0n) is 7.34. The zero-order valence-corrected chi connectivity index (χ0v) is 8.93. The molecule has 1 heterocycles. The number of aromatic nitrogens is 1. The average molecular weight is 229 g/mol. The molecule has 1 aromatic rings. The Balaban J connectivity index is 2.85. The van der Waals surface area contributed by atoms with Gasteiger partial charge in [-0.1, -0.05) is 6.92 Å². The van der Waals surface area contributed by atoms with E-state index in [1.54, 1.807) is 6.20 Å². The largest absolute Gasteiger partial charge is 0.313 e. The normalized spacial score (nSPS) is 12.9. The van der Waals surface area contributed by atoms with E-state index in [1.807, 2.05) is 13.2 Å². The van der Waals surface area contributed by atoms with E-state index in [0.29, 0.717) is 6.04 Å². The second-order valence-electron chi connectivity index (χ2n) is 2.69. The lowest BCUT2D eigenvalue weighted by Crippen LogP contribution is -2.15. The minimum atomic E-state index is 0.412. The van der Waals surface area contributed by atoms with Crippen molar-refractivity contribution < 1.29 is 0 Å². The fourth-order valence-corrected chi connectivity index (χ4v) is 1.61. The number of pyridine rings is 1. The van der Waals surface area contributed by atoms with Crippen molar-refractivity contribution in [2.75, 3.05) is 7.05 Å². The van der Waals surface area contributed by atoms with Gasteiger partial charge in [0, 0.05) is 22.9 Å². The molecule has 2 nitrogen and oxygen atoms in total. The molecule has 0 spiro atoms. The highest BCUT2D eigenvalue weighted by molar-refractivity contribution is 9.10. The van der Waals surface area contributed by atoms with Gasteiger partial charge in [0.2, 0.25) is 0 Å². The Kier molecular flexibility index (Phi) is 3.69. The van der Waals surface area contributed by atoms with Crippen LogP contribution in [-0.4, -0.2) is 12.0 Å². The first-order valence-corrected chi connectivity index (χ1v) is 4.85. The molecule has 66 valence electrons. The van der Waals surface area contributed by atoms with Crippen molar-refractivity contribution in [3.05, 3.63) is 28.5 Å². The van der Waals surface area contributed by atoms with E-state index in [1.165, 1.54) is 5.56 Å². The summed E-state index contributed by atoms with van der Waals surface area (Å²) in [6.45, 7) is 2.15. The lowest BCUT2D eigenvalue weighted by atomic mass is 10.1. The van der Waals surface area contributed by atoms with Crippen LogP contribution < -0.4 is 5.32 Å². The lowest BCUT2D eigenvalue weighted by molar-refractivity contribution is 0.574. The van der Waals surface area contributed by atoms with E-state index >= 15 is 0 Å². The lowest BCUT2D eigenvalue weighted by Gasteiger charge is -2.13. The van der Waals surface area contributed by atoms with Gasteiger partial charge in [0.05, 0.1) is 0 Å². The predicted octanol–water partition coefficient (Wildman–Crippen LogP) is 2.51. The van der Waals surface area contributed by atoms with Crippen LogP contribution in [0.5, 0.6) is 0 Å². The van der Waals surface area contributed by atoms with E-state index in [0.717, 1.165) is 10.9 Å². The molecule has 1 rings (SSSR count). The minimum absolute atomic E-state index is 0.412. The zero-order chi connectivity index (χ0) is 8.97. The maximum absolute atomic E-state index is 4.11. The van der Waals surface area contributed by atoms with Crippen molar-refractivity contribution in [3.63, 3.8) is 0 Å². The number of nitrogens with zero attached hydrogens (tertiary/aromatic N) is 1. The highest BCUT2D eigenvalue weighted by atomic mass is 79.9. The van der Waals surface area contributed by atoms with Gasteiger partial charge >= 0.3 is 0 Å². The monoisotopic (exact) mass is 228 g/mol. The molecule has 0 aliphatic carbocycles. The topological polar surface area (TPSA) is 24.9 Å². The van der Waals surface area contributed by atoms with Crippen molar-refractivity contribution in [2.24, 2.45) is 0 Å². The second-order valence-corrected chi connectivity index (χ2v) is 3.60. The maximum atomic E-state index is 4.11. The standard InChI is InChI=1S/C9H13BrN2/c1-3-9(11-2)7-4-8(10)6-12-5-7/h4-6,9,11H,3H2,1-2H3. The fraction of sp³-hybridized carbons (Fsp3) is 0.444. The number of nitrogens with one attached hydrogen (secondary N) is 1. The molecule has 1 unspecified atom stereocenters. The molecule has 0 saturated heterocycles. The van der Waals surface area contributed by atoms with Crippen molar-refractivity contribution in [1.82, 2.24) is 10.3 Å². The van der Waals surface area contributed by atoms with Crippen LogP contribution in [0, 0.1) is 0 Å². The molecule has 1 aromatic heterocycles. The summed E-state index contributed by atoms with van der Waals surface area (Å²) < 4.78 is 1.04. The minimum Gasteiger partial charge on any atom is -0.313 e. The molecule has 0 radical (unpaired) electrons. The van der Waals surface area contributed by atoms with Crippen molar-refractivity contribution >= 4 is 15.9 Å². The molecule has 0 aliphatic heterocycles. The van der Waals surface area contributed by atoms with Gasteiger partial charge < -0.3 is 5.32 Å². The SMILES string of the molecule is CCC(NC)c1cncc(Br)c1. The molecule has 0 amide bonds. The fourth-order valence-electron chi connectivity index (χ4n) is 1.23. The van der Waals surface area contributed by atoms with Crippen LogP contribution in [0.15, 0.2) is 22.9 Å². The molecule has 1 atom stereocenters. The Bertz CT molecular complexity index is 246. The van der Waals surface area contributed by atoms with Gasteiger partial charge in [-0.05, 0) is 41.0 Å². The van der Waals surface area contributed by atoms with E-state index in [2.05, 4.69) is 39.2 Å². The number of hydrogen-bond donors (Lipinski definition) is 1. The van der Waals surface area contributed by atoms with Crippen LogP contribution in [0.3, 0.4) is 0 Å². The molecule has 12 heavy (non-hydrogen) atoms. The molecule has 0 aromatic carbocycles. The van der Waals surface area contributed by atoms with E-state index in [4.69, 9.17) is 0 Å². The number of rotatable bonds is 3. The van der Waals surface area contributed by atoms with Crippen LogP contribution in [0.4, 0.5) is 0 Å². The summed E-state index contributed by atoms with van der Waals surface area (Å²) in [7, 11) is 1.97. The predicted molar refractivity (Wildman–Crippen MR) is 54.0 cm³/mol. The van der Waals surface area contributed by atoms with Crippen molar-refractivity contribution in [2.45, 2.75) is 19.4 Å². The van der Waals surface area contributed by atoms with Gasteiger partial charge in [0.25, 0.3) is 0 Å². The molecule has 0 aliphatic rings. The van der Waals surface area contributed by atoms with E-state index in [9.17, 15) is 0 Å². The molecular formula is C9H13BrN2. The summed E-state index contributed by atoms with van der Waals surface area (Å²) in [5.74, 6) is 0. The Morgan fingerprint density at radius 2 is 2.33 bits per heavy atom. The Labute approximate surface area is 81.5 Å².